The minimum Gasteiger partial charge on any atom is -0.310 e. The highest BCUT2D eigenvalue weighted by Gasteiger charge is 2.35. The van der Waals surface area contributed by atoms with E-state index in [2.05, 4.69) is 278 Å². The summed E-state index contributed by atoms with van der Waals surface area (Å²) in [4.78, 5) is 2.40. The van der Waals surface area contributed by atoms with Gasteiger partial charge >= 0.3 is 0 Å². The number of aromatic nitrogens is 1. The zero-order valence-corrected chi connectivity index (χ0v) is 38.6. The molecule has 0 aliphatic heterocycles. The molecule has 1 aliphatic rings. The number of hydrogen-bond acceptors (Lipinski definition) is 1. The third-order valence-electron chi connectivity index (χ3n) is 14.6. The topological polar surface area (TPSA) is 8.17 Å². The van der Waals surface area contributed by atoms with Crippen LogP contribution in [0.1, 0.15) is 25.0 Å². The molecule has 2 heteroatoms. The van der Waals surface area contributed by atoms with Crippen LogP contribution in [-0.2, 0) is 5.41 Å². The van der Waals surface area contributed by atoms with Crippen LogP contribution in [0, 0.1) is 0 Å². The van der Waals surface area contributed by atoms with Gasteiger partial charge in [-0.3, -0.25) is 0 Å². The van der Waals surface area contributed by atoms with Gasteiger partial charge in [0.25, 0.3) is 0 Å². The Labute approximate surface area is 403 Å². The first kappa shape index (κ1) is 40.5. The molecule has 11 aromatic carbocycles. The van der Waals surface area contributed by atoms with Gasteiger partial charge in [0.2, 0.25) is 0 Å². The minimum atomic E-state index is -0.0345. The molecular weight excluding hydrogens is 833 g/mol. The highest BCUT2D eigenvalue weighted by Crippen LogP contribution is 2.50. The first-order chi connectivity index (χ1) is 34.0. The molecule has 0 atom stereocenters. The summed E-state index contributed by atoms with van der Waals surface area (Å²) < 4.78 is 2.41. The molecule has 0 saturated carbocycles. The lowest BCUT2D eigenvalue weighted by Crippen LogP contribution is -2.14. The molecule has 1 aliphatic carbocycles. The number of nitrogens with zero attached hydrogens (tertiary/aromatic N) is 2. The van der Waals surface area contributed by atoms with Crippen molar-refractivity contribution in [2.24, 2.45) is 0 Å². The first-order valence-corrected chi connectivity index (χ1v) is 24.0. The molecule has 0 spiro atoms. The molecule has 0 radical (unpaired) electrons. The molecule has 13 rings (SSSR count). The van der Waals surface area contributed by atoms with Crippen LogP contribution in [0.5, 0.6) is 0 Å². The fourth-order valence-corrected chi connectivity index (χ4v) is 11.1. The lowest BCUT2D eigenvalue weighted by Gasteiger charge is -2.28. The van der Waals surface area contributed by atoms with Crippen molar-refractivity contribution in [3.63, 3.8) is 0 Å². The molecule has 1 heterocycles. The van der Waals surface area contributed by atoms with Crippen molar-refractivity contribution < 1.29 is 0 Å². The summed E-state index contributed by atoms with van der Waals surface area (Å²) in [6.07, 6.45) is 0. The van der Waals surface area contributed by atoms with Crippen LogP contribution >= 0.6 is 0 Å². The van der Waals surface area contributed by atoms with E-state index in [0.717, 1.165) is 22.7 Å². The maximum atomic E-state index is 2.41. The number of fused-ring (bicyclic) bond motifs is 7. The molecule has 0 amide bonds. The predicted octanol–water partition coefficient (Wildman–Crippen LogP) is 18.4. The third kappa shape index (κ3) is 6.79. The second kappa shape index (κ2) is 16.3. The number of hydrogen-bond donors (Lipinski definition) is 0. The molecule has 0 fully saturated rings. The molecule has 1 aromatic heterocycles. The largest absolute Gasteiger partial charge is 0.310 e. The summed E-state index contributed by atoms with van der Waals surface area (Å²) in [5.41, 5.74) is 22.0. The van der Waals surface area contributed by atoms with Crippen LogP contribution in [0.4, 0.5) is 17.1 Å². The van der Waals surface area contributed by atoms with Crippen LogP contribution in [-0.4, -0.2) is 4.57 Å². The summed E-state index contributed by atoms with van der Waals surface area (Å²) in [6.45, 7) is 4.70. The van der Waals surface area contributed by atoms with E-state index in [1.165, 1.54) is 99.3 Å². The van der Waals surface area contributed by atoms with Crippen LogP contribution in [0.2, 0.25) is 0 Å². The van der Waals surface area contributed by atoms with E-state index < -0.39 is 0 Å². The van der Waals surface area contributed by atoms with Gasteiger partial charge in [0.15, 0.2) is 0 Å². The Bertz CT molecular complexity index is 3880. The lowest BCUT2D eigenvalue weighted by molar-refractivity contribution is 0.660. The second-order valence-corrected chi connectivity index (χ2v) is 18.9. The fraction of sp³-hybridized carbons (Fsp3) is 0.0448. The first-order valence-electron chi connectivity index (χ1n) is 24.0. The molecular formula is C67H48N2. The Morgan fingerprint density at radius 2 is 0.783 bits per heavy atom. The van der Waals surface area contributed by atoms with E-state index in [-0.39, 0.29) is 5.41 Å². The van der Waals surface area contributed by atoms with E-state index >= 15 is 0 Å². The molecule has 12 aromatic rings. The zero-order chi connectivity index (χ0) is 46.1. The fourth-order valence-electron chi connectivity index (χ4n) is 11.1. The summed E-state index contributed by atoms with van der Waals surface area (Å²) in [7, 11) is 0. The quantitative estimate of drug-likeness (QED) is 0.148. The summed E-state index contributed by atoms with van der Waals surface area (Å²) in [5, 5.41) is 4.90. The van der Waals surface area contributed by atoms with Gasteiger partial charge in [0.05, 0.1) is 16.7 Å². The average molecular weight is 881 g/mol. The molecule has 2 nitrogen and oxygen atoms in total. The second-order valence-electron chi connectivity index (χ2n) is 18.9. The molecule has 0 bridgehead atoms. The summed E-state index contributed by atoms with van der Waals surface area (Å²) >= 11 is 0. The van der Waals surface area contributed by atoms with E-state index in [9.17, 15) is 0 Å². The van der Waals surface area contributed by atoms with Crippen LogP contribution in [0.3, 0.4) is 0 Å². The van der Waals surface area contributed by atoms with Gasteiger partial charge in [-0.2, -0.15) is 0 Å². The van der Waals surface area contributed by atoms with Crippen LogP contribution in [0.25, 0.3) is 93.9 Å². The Morgan fingerprint density at radius 3 is 1.49 bits per heavy atom. The van der Waals surface area contributed by atoms with E-state index in [1.807, 2.05) is 0 Å². The Hall–Kier alpha value is -8.72. The van der Waals surface area contributed by atoms with E-state index in [0.29, 0.717) is 0 Å². The Balaban J connectivity index is 0.861. The van der Waals surface area contributed by atoms with Crippen molar-refractivity contribution in [3.05, 3.63) is 266 Å². The van der Waals surface area contributed by atoms with Crippen molar-refractivity contribution in [1.29, 1.82) is 0 Å². The van der Waals surface area contributed by atoms with Crippen LogP contribution < -0.4 is 4.90 Å². The smallest absolute Gasteiger partial charge is 0.0541 e. The van der Waals surface area contributed by atoms with Gasteiger partial charge in [0, 0.05) is 38.6 Å². The number of rotatable bonds is 8. The maximum Gasteiger partial charge on any atom is 0.0541 e. The standard InChI is InChI=1S/C67H48N2/c1-67(2)62-23-13-11-20-57(62)58-39-31-51(44-63(58)67)48-29-37-54(38-30-48)69-64-24-14-12-22-60(64)61-43-50(32-41-66(61)69)47-27-35-53(36-28-47)68(52-33-25-46(26-34-52)45-15-5-3-6-16-45)65-42-40-55(49-17-7-4-8-18-49)56-19-9-10-21-59(56)65/h3-44H,1-2H3. The highest BCUT2D eigenvalue weighted by molar-refractivity contribution is 6.11. The molecule has 0 saturated heterocycles. The van der Waals surface area contributed by atoms with Gasteiger partial charge in [-0.05, 0) is 139 Å². The number of para-hydroxylation sites is 1. The lowest BCUT2D eigenvalue weighted by atomic mass is 9.81. The van der Waals surface area contributed by atoms with E-state index in [4.69, 9.17) is 0 Å². The number of anilines is 3. The van der Waals surface area contributed by atoms with Crippen molar-refractivity contribution in [1.82, 2.24) is 4.57 Å². The van der Waals surface area contributed by atoms with E-state index in [1.54, 1.807) is 0 Å². The maximum absolute atomic E-state index is 2.41. The molecule has 0 unspecified atom stereocenters. The van der Waals surface area contributed by atoms with Crippen molar-refractivity contribution in [2.75, 3.05) is 4.90 Å². The van der Waals surface area contributed by atoms with Gasteiger partial charge < -0.3 is 9.47 Å². The Kier molecular flexibility index (Phi) is 9.55. The van der Waals surface area contributed by atoms with Crippen molar-refractivity contribution in [2.45, 2.75) is 19.3 Å². The predicted molar refractivity (Wildman–Crippen MR) is 292 cm³/mol. The number of benzene rings is 11. The molecule has 69 heavy (non-hydrogen) atoms. The van der Waals surface area contributed by atoms with Gasteiger partial charge in [-0.25, -0.2) is 0 Å². The minimum absolute atomic E-state index is 0.0345. The monoisotopic (exact) mass is 880 g/mol. The third-order valence-corrected chi connectivity index (χ3v) is 14.6. The van der Waals surface area contributed by atoms with Crippen molar-refractivity contribution in [3.8, 4) is 61.3 Å². The van der Waals surface area contributed by atoms with Gasteiger partial charge in [-0.1, -0.05) is 202 Å². The highest BCUT2D eigenvalue weighted by atomic mass is 15.1. The Morgan fingerprint density at radius 1 is 0.304 bits per heavy atom. The van der Waals surface area contributed by atoms with Gasteiger partial charge in [0.1, 0.15) is 0 Å². The molecule has 0 N–H and O–H groups in total. The molecule has 326 valence electrons. The zero-order valence-electron chi connectivity index (χ0n) is 38.6. The van der Waals surface area contributed by atoms with Crippen molar-refractivity contribution >= 4 is 49.6 Å². The summed E-state index contributed by atoms with van der Waals surface area (Å²) in [5.74, 6) is 0. The SMILES string of the molecule is CC1(C)c2ccccc2-c2ccc(-c3ccc(-n4c5ccccc5c5cc(-c6ccc(N(c7ccc(-c8ccccc8)cc7)c7ccc(-c8ccccc8)c8ccccc78)cc6)ccc54)cc3)cc21. The van der Waals surface area contributed by atoms with Gasteiger partial charge in [-0.15, -0.1) is 0 Å². The summed E-state index contributed by atoms with van der Waals surface area (Å²) in [6, 6.07) is 93.5. The van der Waals surface area contributed by atoms with Crippen LogP contribution in [0.15, 0.2) is 255 Å². The average Bonchev–Trinajstić information content (AvgIpc) is 3.87. The normalized spacial score (nSPS) is 12.6.